The smallest absolute Gasteiger partial charge is 0.263 e. The zero-order valence-corrected chi connectivity index (χ0v) is 19.0. The highest BCUT2D eigenvalue weighted by Crippen LogP contribution is 2.39. The monoisotopic (exact) mass is 438 g/mol. The first-order chi connectivity index (χ1) is 14.3. The first-order valence-electron chi connectivity index (χ1n) is 10.9. The van der Waals surface area contributed by atoms with Gasteiger partial charge in [-0.2, -0.15) is 0 Å². The maximum absolute atomic E-state index is 13.0. The summed E-state index contributed by atoms with van der Waals surface area (Å²) < 4.78 is 38.2. The van der Waals surface area contributed by atoms with Gasteiger partial charge in [0.05, 0.1) is 18.5 Å². The van der Waals surface area contributed by atoms with Crippen LogP contribution in [0.25, 0.3) is 0 Å². The number of amides is 1. The summed E-state index contributed by atoms with van der Waals surface area (Å²) in [7, 11) is -1.54. The van der Waals surface area contributed by atoms with Crippen LogP contribution >= 0.6 is 0 Å². The van der Waals surface area contributed by atoms with Gasteiger partial charge in [-0.15, -0.1) is 0 Å². The summed E-state index contributed by atoms with van der Waals surface area (Å²) in [6.07, 6.45) is 5.43. The molecule has 4 rings (SSSR count). The molecular formula is C22H34N2O5S. The van der Waals surface area contributed by atoms with E-state index >= 15 is 0 Å². The van der Waals surface area contributed by atoms with Gasteiger partial charge in [0, 0.05) is 20.1 Å². The highest BCUT2D eigenvalue weighted by atomic mass is 32.2. The summed E-state index contributed by atoms with van der Waals surface area (Å²) in [5.41, 5.74) is 1.16. The molecule has 30 heavy (non-hydrogen) atoms. The number of carbonyl (C=O) groups excluding carboxylic acids is 1. The lowest BCUT2D eigenvalue weighted by Crippen LogP contribution is -2.43. The maximum Gasteiger partial charge on any atom is 0.263 e. The number of hydrogen-bond donors (Lipinski definition) is 1. The van der Waals surface area contributed by atoms with Gasteiger partial charge in [-0.05, 0) is 56.1 Å². The normalized spacial score (nSPS) is 28.5. The Balaban J connectivity index is 1.83. The molecule has 1 saturated carbocycles. The van der Waals surface area contributed by atoms with Crippen molar-refractivity contribution in [3.8, 4) is 5.75 Å². The van der Waals surface area contributed by atoms with Crippen LogP contribution < -0.4 is 9.46 Å². The number of hydrogen-bond acceptors (Lipinski definition) is 5. The van der Waals surface area contributed by atoms with Crippen molar-refractivity contribution in [3.05, 3.63) is 29.8 Å². The van der Waals surface area contributed by atoms with Crippen molar-refractivity contribution in [2.24, 2.45) is 0 Å². The Bertz CT molecular complexity index is 821. The van der Waals surface area contributed by atoms with E-state index < -0.39 is 16.1 Å². The van der Waals surface area contributed by atoms with Gasteiger partial charge in [0.2, 0.25) is 10.0 Å². The standard InChI is InChI=1S/C22H34N2O5S/c1-4-20-22(25)24(2)14-13-18(15-23-30(3,26)27)28-17-11-9-16(10-12-17)19-7-5-6-8-21(19)29-20/h5-8,16-18,20,23H,4,9-15H2,1-3H3/t16-,17+,18?,20-/m0/s1. The minimum atomic E-state index is -3.30. The van der Waals surface area contributed by atoms with Crippen LogP contribution in [0.15, 0.2) is 24.3 Å². The predicted octanol–water partition coefficient (Wildman–Crippen LogP) is 2.67. The van der Waals surface area contributed by atoms with Crippen molar-refractivity contribution in [3.63, 3.8) is 0 Å². The molecule has 0 spiro atoms. The minimum absolute atomic E-state index is 0.0654. The fourth-order valence-corrected chi connectivity index (χ4v) is 4.81. The quantitative estimate of drug-likeness (QED) is 0.781. The number of benzene rings is 1. The average molecular weight is 439 g/mol. The lowest BCUT2D eigenvalue weighted by Gasteiger charge is -2.34. The van der Waals surface area contributed by atoms with E-state index in [1.807, 2.05) is 25.1 Å². The molecule has 2 bridgehead atoms. The van der Waals surface area contributed by atoms with Crippen LogP contribution in [0, 0.1) is 0 Å². The molecule has 2 heterocycles. The Morgan fingerprint density at radius 3 is 2.50 bits per heavy atom. The highest BCUT2D eigenvalue weighted by Gasteiger charge is 2.30. The highest BCUT2D eigenvalue weighted by molar-refractivity contribution is 7.88. The molecule has 0 radical (unpaired) electrons. The lowest BCUT2D eigenvalue weighted by atomic mass is 9.82. The van der Waals surface area contributed by atoms with Crippen LogP contribution in [0.5, 0.6) is 5.75 Å². The molecule has 1 amide bonds. The molecule has 1 N–H and O–H groups in total. The Kier molecular flexibility index (Phi) is 7.76. The van der Waals surface area contributed by atoms with Gasteiger partial charge in [-0.1, -0.05) is 25.1 Å². The molecule has 3 aliphatic rings. The fraction of sp³-hybridized carbons (Fsp3) is 0.682. The van der Waals surface area contributed by atoms with E-state index in [-0.39, 0.29) is 24.7 Å². The molecule has 7 nitrogen and oxygen atoms in total. The number of ether oxygens (including phenoxy) is 2. The van der Waals surface area contributed by atoms with Crippen molar-refractivity contribution in [1.82, 2.24) is 9.62 Å². The van der Waals surface area contributed by atoms with Crippen molar-refractivity contribution in [1.29, 1.82) is 0 Å². The molecule has 2 aliphatic heterocycles. The first-order valence-corrected chi connectivity index (χ1v) is 12.8. The number of nitrogens with one attached hydrogen (secondary N) is 1. The van der Waals surface area contributed by atoms with Gasteiger partial charge in [-0.3, -0.25) is 4.79 Å². The van der Waals surface area contributed by atoms with Crippen LogP contribution in [0.4, 0.5) is 0 Å². The number of likely N-dealkylation sites (N-methyl/N-ethyl adjacent to an activating group) is 1. The SMILES string of the molecule is CC[C@@H]1Oc2ccccc2[C@H]2CC[C@H](CC2)OC(CNS(C)(=O)=O)CCN(C)C1=O. The molecule has 1 fully saturated rings. The van der Waals surface area contributed by atoms with E-state index in [9.17, 15) is 13.2 Å². The minimum Gasteiger partial charge on any atom is -0.480 e. The van der Waals surface area contributed by atoms with E-state index in [4.69, 9.17) is 9.47 Å². The fourth-order valence-electron chi connectivity index (χ4n) is 4.33. The molecule has 1 aromatic carbocycles. The summed E-state index contributed by atoms with van der Waals surface area (Å²) in [5.74, 6) is 1.12. The van der Waals surface area contributed by atoms with Gasteiger partial charge >= 0.3 is 0 Å². The number of nitrogens with zero attached hydrogens (tertiary/aromatic N) is 1. The molecule has 8 heteroatoms. The van der Waals surface area contributed by atoms with E-state index in [0.717, 1.165) is 43.3 Å². The molecule has 0 aromatic heterocycles. The van der Waals surface area contributed by atoms with Gasteiger partial charge < -0.3 is 14.4 Å². The van der Waals surface area contributed by atoms with Crippen molar-refractivity contribution >= 4 is 15.9 Å². The third-order valence-electron chi connectivity index (χ3n) is 6.07. The second kappa shape index (κ2) is 10.1. The number of sulfonamides is 1. The summed E-state index contributed by atoms with van der Waals surface area (Å²) in [4.78, 5) is 14.7. The van der Waals surface area contributed by atoms with Gasteiger partial charge in [0.15, 0.2) is 6.10 Å². The van der Waals surface area contributed by atoms with Crippen LogP contribution in [-0.2, 0) is 19.6 Å². The van der Waals surface area contributed by atoms with Gasteiger partial charge in [-0.25, -0.2) is 13.1 Å². The molecule has 1 aliphatic carbocycles. The van der Waals surface area contributed by atoms with Crippen molar-refractivity contribution in [2.75, 3.05) is 26.4 Å². The molecule has 0 saturated heterocycles. The molecule has 1 unspecified atom stereocenters. The van der Waals surface area contributed by atoms with Crippen LogP contribution in [-0.4, -0.2) is 63.9 Å². The van der Waals surface area contributed by atoms with Crippen molar-refractivity contribution in [2.45, 2.75) is 69.7 Å². The third kappa shape index (κ3) is 6.18. The largest absolute Gasteiger partial charge is 0.480 e. The van der Waals surface area contributed by atoms with E-state index in [1.165, 1.54) is 0 Å². The van der Waals surface area contributed by atoms with Crippen LogP contribution in [0.2, 0.25) is 0 Å². The van der Waals surface area contributed by atoms with Crippen molar-refractivity contribution < 1.29 is 22.7 Å². The number of carbonyl (C=O) groups is 1. The van der Waals surface area contributed by atoms with E-state index in [2.05, 4.69) is 10.8 Å². The van der Waals surface area contributed by atoms with E-state index in [1.54, 1.807) is 11.9 Å². The van der Waals surface area contributed by atoms with Gasteiger partial charge in [0.25, 0.3) is 5.91 Å². The summed E-state index contributed by atoms with van der Waals surface area (Å²) >= 11 is 0. The third-order valence-corrected chi connectivity index (χ3v) is 6.76. The summed E-state index contributed by atoms with van der Waals surface area (Å²) in [5, 5.41) is 0. The summed E-state index contributed by atoms with van der Waals surface area (Å²) in [6, 6.07) is 8.05. The zero-order valence-electron chi connectivity index (χ0n) is 18.2. The van der Waals surface area contributed by atoms with Gasteiger partial charge in [0.1, 0.15) is 5.75 Å². The Hall–Kier alpha value is -1.64. The Labute approximate surface area is 180 Å². The average Bonchev–Trinajstić information content (AvgIpc) is 2.73. The molecule has 168 valence electrons. The Morgan fingerprint density at radius 1 is 1.13 bits per heavy atom. The van der Waals surface area contributed by atoms with Crippen LogP contribution in [0.1, 0.15) is 56.9 Å². The number of para-hydroxylation sites is 1. The van der Waals surface area contributed by atoms with E-state index in [0.29, 0.717) is 25.3 Å². The van der Waals surface area contributed by atoms with Crippen LogP contribution in [0.3, 0.4) is 0 Å². The first kappa shape index (κ1) is 23.0. The molecule has 1 aromatic rings. The maximum atomic E-state index is 13.0. The topological polar surface area (TPSA) is 84.9 Å². The molecule has 2 atom stereocenters. The predicted molar refractivity (Wildman–Crippen MR) is 116 cm³/mol. The second-order valence-electron chi connectivity index (χ2n) is 8.45. The number of rotatable bonds is 4. The molecular weight excluding hydrogens is 404 g/mol. The summed E-state index contributed by atoms with van der Waals surface area (Å²) in [6.45, 7) is 2.65. The second-order valence-corrected chi connectivity index (χ2v) is 10.3. The Morgan fingerprint density at radius 2 is 1.83 bits per heavy atom. The number of fused-ring (bicyclic) bond motifs is 9. The lowest BCUT2D eigenvalue weighted by molar-refractivity contribution is -0.138. The zero-order chi connectivity index (χ0) is 21.7.